The van der Waals surface area contributed by atoms with E-state index in [0.29, 0.717) is 12.1 Å². The normalized spacial score (nSPS) is 10.5. The molecule has 0 spiro atoms. The van der Waals surface area contributed by atoms with E-state index < -0.39 is 68.4 Å². The Morgan fingerprint density at radius 2 is 0.917 bits per heavy atom. The molecule has 0 aliphatic rings. The summed E-state index contributed by atoms with van der Waals surface area (Å²) in [7, 11) is 0. The molecule has 10 nitrogen and oxygen atoms in total. The highest BCUT2D eigenvalue weighted by atomic mass is 16.4. The number of benzene rings is 2. The third kappa shape index (κ3) is 2.31. The third-order valence-electron chi connectivity index (χ3n) is 3.25. The van der Waals surface area contributed by atoms with Crippen LogP contribution in [0, 0.1) is 0 Å². The van der Waals surface area contributed by atoms with Crippen molar-refractivity contribution in [1.82, 2.24) is 0 Å². The van der Waals surface area contributed by atoms with Crippen LogP contribution in [0.25, 0.3) is 10.8 Å². The number of aromatic hydroxyl groups is 2. The molecule has 0 unspecified atom stereocenters. The molecule has 24 heavy (non-hydrogen) atoms. The van der Waals surface area contributed by atoms with E-state index >= 15 is 0 Å². The molecule has 0 bridgehead atoms. The van der Waals surface area contributed by atoms with Gasteiger partial charge >= 0.3 is 23.9 Å². The van der Waals surface area contributed by atoms with Gasteiger partial charge in [-0.05, 0) is 12.1 Å². The van der Waals surface area contributed by atoms with Crippen molar-refractivity contribution in [3.63, 3.8) is 0 Å². The van der Waals surface area contributed by atoms with Crippen molar-refractivity contribution in [1.29, 1.82) is 0 Å². The van der Waals surface area contributed by atoms with Gasteiger partial charge in [-0.25, -0.2) is 19.2 Å². The molecular formula is C14H8O10. The molecular weight excluding hydrogens is 328 g/mol. The van der Waals surface area contributed by atoms with E-state index in [0.717, 1.165) is 0 Å². The highest BCUT2D eigenvalue weighted by molar-refractivity contribution is 6.23. The first-order valence-corrected chi connectivity index (χ1v) is 6.06. The minimum Gasteiger partial charge on any atom is -0.507 e. The van der Waals surface area contributed by atoms with Gasteiger partial charge in [0.1, 0.15) is 22.6 Å². The number of carboxylic acid groups (broad SMARTS) is 4. The Balaban J connectivity index is 3.34. The summed E-state index contributed by atoms with van der Waals surface area (Å²) in [5, 5.41) is 54.6. The molecule has 0 saturated carbocycles. The van der Waals surface area contributed by atoms with Gasteiger partial charge in [-0.3, -0.25) is 0 Å². The first-order valence-electron chi connectivity index (χ1n) is 6.06. The Labute approximate surface area is 131 Å². The zero-order chi connectivity index (χ0) is 18.3. The second-order valence-corrected chi connectivity index (χ2v) is 4.61. The van der Waals surface area contributed by atoms with Crippen molar-refractivity contribution in [3.05, 3.63) is 34.4 Å². The molecule has 0 aliphatic carbocycles. The fourth-order valence-electron chi connectivity index (χ4n) is 2.38. The fourth-order valence-corrected chi connectivity index (χ4v) is 2.38. The lowest BCUT2D eigenvalue weighted by atomic mass is 9.90. The van der Waals surface area contributed by atoms with Crippen LogP contribution >= 0.6 is 0 Å². The van der Waals surface area contributed by atoms with Crippen molar-refractivity contribution in [3.8, 4) is 11.5 Å². The summed E-state index contributed by atoms with van der Waals surface area (Å²) in [6.07, 6.45) is 0. The molecule has 0 heterocycles. The first kappa shape index (κ1) is 16.5. The highest BCUT2D eigenvalue weighted by Crippen LogP contribution is 2.39. The summed E-state index contributed by atoms with van der Waals surface area (Å²) >= 11 is 0. The summed E-state index contributed by atoms with van der Waals surface area (Å²) in [5.74, 6) is -9.29. The minimum atomic E-state index is -1.83. The van der Waals surface area contributed by atoms with Crippen LogP contribution in [-0.4, -0.2) is 54.5 Å². The Kier molecular flexibility index (Phi) is 3.74. The van der Waals surface area contributed by atoms with Gasteiger partial charge < -0.3 is 30.6 Å². The second-order valence-electron chi connectivity index (χ2n) is 4.61. The molecule has 0 saturated heterocycles. The van der Waals surface area contributed by atoms with E-state index in [9.17, 15) is 49.8 Å². The lowest BCUT2D eigenvalue weighted by molar-refractivity contribution is 0.0672. The van der Waals surface area contributed by atoms with Crippen molar-refractivity contribution >= 4 is 34.6 Å². The van der Waals surface area contributed by atoms with Gasteiger partial charge in [-0.2, -0.15) is 0 Å². The van der Waals surface area contributed by atoms with Crippen molar-refractivity contribution in [2.45, 2.75) is 0 Å². The van der Waals surface area contributed by atoms with Gasteiger partial charge in [0.2, 0.25) is 0 Å². The van der Waals surface area contributed by atoms with Crippen LogP contribution in [0.15, 0.2) is 12.1 Å². The number of phenols is 2. The Morgan fingerprint density at radius 3 is 1.17 bits per heavy atom. The average Bonchev–Trinajstić information content (AvgIpc) is 2.43. The summed E-state index contributed by atoms with van der Waals surface area (Å²) < 4.78 is 0. The monoisotopic (exact) mass is 336 g/mol. The van der Waals surface area contributed by atoms with Gasteiger partial charge in [0.15, 0.2) is 0 Å². The molecule has 124 valence electrons. The summed E-state index contributed by atoms with van der Waals surface area (Å²) in [5.41, 5.74) is -3.73. The predicted octanol–water partition coefficient (Wildman–Crippen LogP) is 1.04. The van der Waals surface area contributed by atoms with Crippen LogP contribution in [0.2, 0.25) is 0 Å². The number of carbonyl (C=O) groups is 4. The van der Waals surface area contributed by atoms with Gasteiger partial charge in [-0.1, -0.05) is 0 Å². The van der Waals surface area contributed by atoms with Crippen molar-refractivity contribution in [2.75, 3.05) is 0 Å². The van der Waals surface area contributed by atoms with E-state index in [1.807, 2.05) is 0 Å². The predicted molar refractivity (Wildman–Crippen MR) is 75.1 cm³/mol. The Bertz CT molecular complexity index is 868. The van der Waals surface area contributed by atoms with Crippen molar-refractivity contribution < 1.29 is 49.8 Å². The van der Waals surface area contributed by atoms with Gasteiger partial charge in [-0.15, -0.1) is 0 Å². The molecule has 10 heteroatoms. The third-order valence-corrected chi connectivity index (χ3v) is 3.25. The van der Waals surface area contributed by atoms with E-state index in [4.69, 9.17) is 0 Å². The number of rotatable bonds is 4. The lowest BCUT2D eigenvalue weighted by Gasteiger charge is -2.14. The SMILES string of the molecule is O=C(O)c1cc(O)c(C(=O)O)c2c(C(=O)O)c(O)cc(C(=O)O)c12. The fraction of sp³-hybridized carbons (Fsp3) is 0. The Morgan fingerprint density at radius 1 is 0.583 bits per heavy atom. The molecule has 0 radical (unpaired) electrons. The number of carboxylic acids is 4. The van der Waals surface area contributed by atoms with Crippen LogP contribution in [0.5, 0.6) is 11.5 Å². The molecule has 0 atom stereocenters. The molecule has 2 aromatic carbocycles. The maximum absolute atomic E-state index is 11.4. The summed E-state index contributed by atoms with van der Waals surface area (Å²) in [4.78, 5) is 45.4. The quantitative estimate of drug-likeness (QED) is 0.470. The molecule has 6 N–H and O–H groups in total. The molecule has 0 amide bonds. The topological polar surface area (TPSA) is 190 Å². The summed E-state index contributed by atoms with van der Waals surface area (Å²) in [6.45, 7) is 0. The van der Waals surface area contributed by atoms with Crippen LogP contribution in [0.4, 0.5) is 0 Å². The molecule has 0 aromatic heterocycles. The lowest BCUT2D eigenvalue weighted by Crippen LogP contribution is -2.12. The van der Waals surface area contributed by atoms with Crippen LogP contribution in [0.1, 0.15) is 41.4 Å². The van der Waals surface area contributed by atoms with E-state index in [-0.39, 0.29) is 0 Å². The van der Waals surface area contributed by atoms with E-state index in [1.54, 1.807) is 0 Å². The van der Waals surface area contributed by atoms with E-state index in [1.165, 1.54) is 0 Å². The maximum Gasteiger partial charge on any atom is 0.340 e. The van der Waals surface area contributed by atoms with Crippen LogP contribution in [-0.2, 0) is 0 Å². The molecule has 0 fully saturated rings. The van der Waals surface area contributed by atoms with Crippen LogP contribution in [0.3, 0.4) is 0 Å². The number of hydrogen-bond acceptors (Lipinski definition) is 6. The first-order chi connectivity index (χ1) is 11.1. The van der Waals surface area contributed by atoms with Gasteiger partial charge in [0, 0.05) is 10.8 Å². The van der Waals surface area contributed by atoms with Crippen LogP contribution < -0.4 is 0 Å². The Hall–Kier alpha value is -3.82. The zero-order valence-corrected chi connectivity index (χ0v) is 11.5. The molecule has 2 aromatic rings. The molecule has 2 rings (SSSR count). The van der Waals surface area contributed by atoms with Gasteiger partial charge in [0.05, 0.1) is 11.1 Å². The highest BCUT2D eigenvalue weighted by Gasteiger charge is 2.30. The maximum atomic E-state index is 11.4. The molecule has 0 aliphatic heterocycles. The second kappa shape index (κ2) is 5.43. The van der Waals surface area contributed by atoms with Crippen molar-refractivity contribution in [2.24, 2.45) is 0 Å². The van der Waals surface area contributed by atoms with E-state index in [2.05, 4.69) is 0 Å². The zero-order valence-electron chi connectivity index (χ0n) is 11.5. The standard InChI is InChI=1S/C14H8O10/c15-5-1-3(11(17)18)7-4(12(19)20)2-6(16)9(14(23)24)10(7)8(5)13(21)22/h1-2,15-16H,(H,17,18)(H,19,20)(H,21,22)(H,23,24). The number of aromatic carboxylic acids is 4. The smallest absolute Gasteiger partial charge is 0.340 e. The minimum absolute atomic E-state index is 0.503. The average molecular weight is 336 g/mol. The summed E-state index contributed by atoms with van der Waals surface area (Å²) in [6, 6.07) is 1.01. The number of hydrogen-bond donors (Lipinski definition) is 6. The number of fused-ring (bicyclic) bond motifs is 1. The van der Waals surface area contributed by atoms with Gasteiger partial charge in [0.25, 0.3) is 0 Å². The largest absolute Gasteiger partial charge is 0.507 e.